The predicted molar refractivity (Wildman–Crippen MR) is 129 cm³/mol. The van der Waals surface area contributed by atoms with E-state index >= 15 is 0 Å². The molecule has 0 bridgehead atoms. The fraction of sp³-hybridized carbons (Fsp3) is 0.385. The second-order valence-electron chi connectivity index (χ2n) is 8.22. The van der Waals surface area contributed by atoms with Gasteiger partial charge in [-0.05, 0) is 43.0 Å². The molecule has 1 aromatic heterocycles. The van der Waals surface area contributed by atoms with E-state index in [-0.39, 0.29) is 0 Å². The fourth-order valence-electron chi connectivity index (χ4n) is 4.01. The van der Waals surface area contributed by atoms with E-state index in [0.29, 0.717) is 12.5 Å². The summed E-state index contributed by atoms with van der Waals surface area (Å²) in [5.74, 6) is 1.56. The van der Waals surface area contributed by atoms with Gasteiger partial charge in [0.05, 0.1) is 25.1 Å². The van der Waals surface area contributed by atoms with Crippen molar-refractivity contribution in [2.75, 3.05) is 32.8 Å². The van der Waals surface area contributed by atoms with Crippen molar-refractivity contribution in [2.45, 2.75) is 26.4 Å². The third kappa shape index (κ3) is 6.20. The van der Waals surface area contributed by atoms with Crippen molar-refractivity contribution < 1.29 is 4.74 Å². The maximum absolute atomic E-state index is 5.97. The average Bonchev–Trinajstić information content (AvgIpc) is 3.50. The van der Waals surface area contributed by atoms with Gasteiger partial charge in [-0.25, -0.2) is 4.68 Å². The molecule has 1 aliphatic rings. The topological polar surface area (TPSA) is 54.7 Å². The van der Waals surface area contributed by atoms with Crippen molar-refractivity contribution in [3.8, 4) is 5.69 Å². The molecule has 1 unspecified atom stereocenters. The molecule has 0 radical (unpaired) electrons. The number of nitrogens with one attached hydrogen (secondary N) is 1. The standard InChI is InChI=1S/C26H33N5O/c1-2-27-26(28-15-13-23-17-29-31(19-23)25-11-7-4-8-12-25)30-16-14-24(18-30)21-32-20-22-9-5-3-6-10-22/h3-12,17,19,24H,2,13-16,18,20-21H2,1H3,(H,27,28). The molecule has 1 atom stereocenters. The summed E-state index contributed by atoms with van der Waals surface area (Å²) in [6.45, 7) is 7.23. The molecule has 1 fully saturated rings. The van der Waals surface area contributed by atoms with E-state index in [1.165, 1.54) is 11.1 Å². The van der Waals surface area contributed by atoms with Crippen LogP contribution in [0.5, 0.6) is 0 Å². The highest BCUT2D eigenvalue weighted by Gasteiger charge is 2.25. The van der Waals surface area contributed by atoms with E-state index in [9.17, 15) is 0 Å². The molecule has 6 nitrogen and oxygen atoms in total. The zero-order chi connectivity index (χ0) is 22.0. The Labute approximate surface area is 190 Å². The monoisotopic (exact) mass is 431 g/mol. The first-order chi connectivity index (χ1) is 15.8. The van der Waals surface area contributed by atoms with Crippen molar-refractivity contribution in [1.82, 2.24) is 20.0 Å². The van der Waals surface area contributed by atoms with E-state index < -0.39 is 0 Å². The lowest BCUT2D eigenvalue weighted by atomic mass is 10.1. The third-order valence-corrected chi connectivity index (χ3v) is 5.70. The van der Waals surface area contributed by atoms with Crippen LogP contribution >= 0.6 is 0 Å². The van der Waals surface area contributed by atoms with Crippen LogP contribution in [-0.2, 0) is 17.8 Å². The Morgan fingerprint density at radius 3 is 2.66 bits per heavy atom. The maximum atomic E-state index is 5.97. The van der Waals surface area contributed by atoms with Crippen LogP contribution in [0.3, 0.4) is 0 Å². The Morgan fingerprint density at radius 1 is 1.09 bits per heavy atom. The van der Waals surface area contributed by atoms with Gasteiger partial charge in [-0.3, -0.25) is 4.99 Å². The molecular formula is C26H33N5O. The second kappa shape index (κ2) is 11.5. The summed E-state index contributed by atoms with van der Waals surface area (Å²) in [6, 6.07) is 20.6. The summed E-state index contributed by atoms with van der Waals surface area (Å²) in [7, 11) is 0. The first-order valence-corrected chi connectivity index (χ1v) is 11.6. The molecule has 0 aliphatic carbocycles. The van der Waals surface area contributed by atoms with Crippen LogP contribution < -0.4 is 5.32 Å². The highest BCUT2D eigenvalue weighted by molar-refractivity contribution is 5.80. The van der Waals surface area contributed by atoms with Gasteiger partial charge in [0, 0.05) is 38.3 Å². The normalized spacial score (nSPS) is 16.5. The first kappa shape index (κ1) is 22.1. The molecule has 3 aromatic rings. The Bertz CT molecular complexity index is 970. The Balaban J connectivity index is 1.25. The first-order valence-electron chi connectivity index (χ1n) is 11.6. The number of aromatic nitrogens is 2. The predicted octanol–water partition coefficient (Wildman–Crippen LogP) is 3.92. The largest absolute Gasteiger partial charge is 0.376 e. The summed E-state index contributed by atoms with van der Waals surface area (Å²) in [5.41, 5.74) is 3.50. The fourth-order valence-corrected chi connectivity index (χ4v) is 4.01. The van der Waals surface area contributed by atoms with Crippen molar-refractivity contribution >= 4 is 5.96 Å². The van der Waals surface area contributed by atoms with Crippen molar-refractivity contribution in [2.24, 2.45) is 10.9 Å². The zero-order valence-corrected chi connectivity index (χ0v) is 18.9. The van der Waals surface area contributed by atoms with Crippen molar-refractivity contribution in [1.29, 1.82) is 0 Å². The molecule has 0 amide bonds. The molecule has 168 valence electrons. The third-order valence-electron chi connectivity index (χ3n) is 5.70. The Kier molecular flexibility index (Phi) is 7.93. The van der Waals surface area contributed by atoms with Crippen LogP contribution in [0.4, 0.5) is 0 Å². The lowest BCUT2D eigenvalue weighted by Gasteiger charge is -2.21. The van der Waals surface area contributed by atoms with Crippen LogP contribution in [-0.4, -0.2) is 53.4 Å². The zero-order valence-electron chi connectivity index (χ0n) is 18.9. The molecule has 32 heavy (non-hydrogen) atoms. The number of likely N-dealkylation sites (tertiary alicyclic amines) is 1. The maximum Gasteiger partial charge on any atom is 0.193 e. The van der Waals surface area contributed by atoms with E-state index in [4.69, 9.17) is 9.73 Å². The molecular weight excluding hydrogens is 398 g/mol. The lowest BCUT2D eigenvalue weighted by Crippen LogP contribution is -2.40. The summed E-state index contributed by atoms with van der Waals surface area (Å²) < 4.78 is 7.89. The number of guanidine groups is 1. The number of ether oxygens (including phenoxy) is 1. The molecule has 1 saturated heterocycles. The van der Waals surface area contributed by atoms with Gasteiger partial charge in [0.15, 0.2) is 5.96 Å². The summed E-state index contributed by atoms with van der Waals surface area (Å²) >= 11 is 0. The van der Waals surface area contributed by atoms with Gasteiger partial charge in [0.2, 0.25) is 0 Å². The minimum absolute atomic E-state index is 0.548. The minimum Gasteiger partial charge on any atom is -0.376 e. The highest BCUT2D eigenvalue weighted by Crippen LogP contribution is 2.17. The van der Waals surface area contributed by atoms with E-state index in [0.717, 1.165) is 57.3 Å². The molecule has 1 N–H and O–H groups in total. The second-order valence-corrected chi connectivity index (χ2v) is 8.22. The van der Waals surface area contributed by atoms with Gasteiger partial charge in [-0.1, -0.05) is 48.5 Å². The molecule has 4 rings (SSSR count). The number of para-hydroxylation sites is 1. The summed E-state index contributed by atoms with van der Waals surface area (Å²) in [5, 5.41) is 7.95. The average molecular weight is 432 g/mol. The molecule has 0 saturated carbocycles. The molecule has 6 heteroatoms. The number of hydrogen-bond acceptors (Lipinski definition) is 3. The van der Waals surface area contributed by atoms with E-state index in [1.54, 1.807) is 0 Å². The van der Waals surface area contributed by atoms with Crippen molar-refractivity contribution in [3.05, 3.63) is 84.2 Å². The number of nitrogens with zero attached hydrogens (tertiary/aromatic N) is 4. The van der Waals surface area contributed by atoms with E-state index in [1.807, 2.05) is 35.1 Å². The van der Waals surface area contributed by atoms with Gasteiger partial charge in [-0.2, -0.15) is 5.10 Å². The lowest BCUT2D eigenvalue weighted by molar-refractivity contribution is 0.0907. The number of rotatable bonds is 9. The van der Waals surface area contributed by atoms with E-state index in [2.05, 4.69) is 64.8 Å². The van der Waals surface area contributed by atoms with Gasteiger partial charge in [0.25, 0.3) is 0 Å². The van der Waals surface area contributed by atoms with Crippen LogP contribution in [0, 0.1) is 5.92 Å². The van der Waals surface area contributed by atoms with Crippen LogP contribution in [0.1, 0.15) is 24.5 Å². The number of hydrogen-bond donors (Lipinski definition) is 1. The number of benzene rings is 2. The highest BCUT2D eigenvalue weighted by atomic mass is 16.5. The Hall–Kier alpha value is -3.12. The molecule has 2 aromatic carbocycles. The van der Waals surface area contributed by atoms with Gasteiger partial charge in [-0.15, -0.1) is 0 Å². The summed E-state index contributed by atoms with van der Waals surface area (Å²) in [6.07, 6.45) is 6.04. The quantitative estimate of drug-likeness (QED) is 0.412. The smallest absolute Gasteiger partial charge is 0.193 e. The van der Waals surface area contributed by atoms with Crippen LogP contribution in [0.2, 0.25) is 0 Å². The van der Waals surface area contributed by atoms with Crippen LogP contribution in [0.15, 0.2) is 78.0 Å². The SMILES string of the molecule is CCNC(=NCCc1cnn(-c2ccccc2)c1)N1CCC(COCc2ccccc2)C1. The Morgan fingerprint density at radius 2 is 1.88 bits per heavy atom. The minimum atomic E-state index is 0.548. The van der Waals surface area contributed by atoms with Crippen molar-refractivity contribution in [3.63, 3.8) is 0 Å². The van der Waals surface area contributed by atoms with Gasteiger partial charge in [0.1, 0.15) is 0 Å². The molecule has 2 heterocycles. The van der Waals surface area contributed by atoms with Crippen LogP contribution in [0.25, 0.3) is 5.69 Å². The van der Waals surface area contributed by atoms with Gasteiger partial charge < -0.3 is 15.0 Å². The summed E-state index contributed by atoms with van der Waals surface area (Å²) in [4.78, 5) is 7.26. The van der Waals surface area contributed by atoms with Gasteiger partial charge >= 0.3 is 0 Å². The number of aliphatic imine (C=N–C) groups is 1. The molecule has 1 aliphatic heterocycles. The molecule has 0 spiro atoms.